The van der Waals surface area contributed by atoms with Crippen LogP contribution in [0, 0.1) is 11.3 Å². The highest BCUT2D eigenvalue weighted by molar-refractivity contribution is 8.03. The summed E-state index contributed by atoms with van der Waals surface area (Å²) in [4.78, 5) is 26.1. The molecule has 0 radical (unpaired) electrons. The SMILES string of the molecule is COc1ccc(Cl)cc1NC(=O)CSC1=C(C#N)[C@H](c2ccco2)C(C(=O)Nc2ccccc2)=C(C)N1. The van der Waals surface area contributed by atoms with Gasteiger partial charge in [0.2, 0.25) is 5.91 Å². The number of methoxy groups -OCH3 is 1. The molecule has 0 saturated carbocycles. The summed E-state index contributed by atoms with van der Waals surface area (Å²) < 4.78 is 10.9. The summed E-state index contributed by atoms with van der Waals surface area (Å²) in [6.45, 7) is 1.75. The van der Waals surface area contributed by atoms with Crippen LogP contribution in [0.3, 0.4) is 0 Å². The van der Waals surface area contributed by atoms with Crippen LogP contribution in [0.2, 0.25) is 5.02 Å². The van der Waals surface area contributed by atoms with Gasteiger partial charge in [-0.2, -0.15) is 5.26 Å². The minimum absolute atomic E-state index is 0.00706. The Bertz CT molecular complexity index is 1410. The third-order valence-corrected chi connectivity index (χ3v) is 6.79. The predicted molar refractivity (Wildman–Crippen MR) is 144 cm³/mol. The van der Waals surface area contributed by atoms with Crippen molar-refractivity contribution < 1.29 is 18.7 Å². The van der Waals surface area contributed by atoms with Crippen LogP contribution in [0.5, 0.6) is 5.75 Å². The number of benzene rings is 2. The van der Waals surface area contributed by atoms with Gasteiger partial charge in [-0.05, 0) is 49.4 Å². The van der Waals surface area contributed by atoms with E-state index in [4.69, 9.17) is 20.8 Å². The van der Waals surface area contributed by atoms with Crippen LogP contribution in [0.15, 0.2) is 93.2 Å². The lowest BCUT2D eigenvalue weighted by molar-refractivity contribution is -0.114. The molecule has 1 atom stereocenters. The Balaban J connectivity index is 1.58. The molecule has 10 heteroatoms. The Hall–Kier alpha value is -4.13. The summed E-state index contributed by atoms with van der Waals surface area (Å²) in [6, 6.07) is 19.6. The highest BCUT2D eigenvalue weighted by Crippen LogP contribution is 2.41. The first kappa shape index (κ1) is 25.9. The number of carbonyl (C=O) groups excluding carboxylic acids is 2. The van der Waals surface area contributed by atoms with Gasteiger partial charge in [-0.3, -0.25) is 9.59 Å². The van der Waals surface area contributed by atoms with Gasteiger partial charge in [-0.25, -0.2) is 0 Å². The fraction of sp³-hybridized carbons (Fsp3) is 0.148. The zero-order valence-corrected chi connectivity index (χ0v) is 21.6. The zero-order valence-electron chi connectivity index (χ0n) is 20.0. The first-order valence-electron chi connectivity index (χ1n) is 11.2. The lowest BCUT2D eigenvalue weighted by atomic mass is 9.85. The summed E-state index contributed by atoms with van der Waals surface area (Å²) in [5.74, 6) is -0.514. The molecule has 188 valence electrons. The number of ether oxygens (including phenoxy) is 1. The number of hydrogen-bond donors (Lipinski definition) is 3. The molecule has 4 rings (SSSR count). The number of furan rings is 1. The fourth-order valence-corrected chi connectivity index (χ4v) is 4.95. The molecule has 0 spiro atoms. The Kier molecular flexibility index (Phi) is 8.23. The highest BCUT2D eigenvalue weighted by atomic mass is 35.5. The van der Waals surface area contributed by atoms with Gasteiger partial charge in [-0.1, -0.05) is 41.6 Å². The Morgan fingerprint density at radius 1 is 1.16 bits per heavy atom. The summed E-state index contributed by atoms with van der Waals surface area (Å²) in [5.41, 5.74) is 2.25. The number of halogens is 1. The van der Waals surface area contributed by atoms with Crippen molar-refractivity contribution in [1.29, 1.82) is 5.26 Å². The molecule has 2 heterocycles. The summed E-state index contributed by atoms with van der Waals surface area (Å²) >= 11 is 7.20. The maximum atomic E-state index is 13.3. The van der Waals surface area contributed by atoms with E-state index in [0.717, 1.165) is 11.8 Å². The molecule has 0 unspecified atom stereocenters. The van der Waals surface area contributed by atoms with Crippen molar-refractivity contribution >= 4 is 46.6 Å². The topological polar surface area (TPSA) is 116 Å². The van der Waals surface area contributed by atoms with Crippen LogP contribution >= 0.6 is 23.4 Å². The van der Waals surface area contributed by atoms with Gasteiger partial charge in [0.05, 0.1) is 53.0 Å². The number of amides is 2. The second-order valence-corrected chi connectivity index (χ2v) is 9.39. The zero-order chi connectivity index (χ0) is 26.4. The number of dihydropyridines is 1. The number of nitrogens with zero attached hydrogens (tertiary/aromatic N) is 1. The lowest BCUT2D eigenvalue weighted by Gasteiger charge is -2.28. The van der Waals surface area contributed by atoms with E-state index in [0.29, 0.717) is 44.2 Å². The number of anilines is 2. The molecule has 2 amide bonds. The average Bonchev–Trinajstić information content (AvgIpc) is 3.42. The molecule has 8 nitrogen and oxygen atoms in total. The number of rotatable bonds is 8. The molecule has 0 bridgehead atoms. The number of para-hydroxylation sites is 1. The van der Waals surface area contributed by atoms with Gasteiger partial charge in [0.1, 0.15) is 11.5 Å². The number of carbonyl (C=O) groups is 2. The molecule has 3 aromatic rings. The van der Waals surface area contributed by atoms with E-state index in [2.05, 4.69) is 22.0 Å². The predicted octanol–water partition coefficient (Wildman–Crippen LogP) is 5.65. The minimum Gasteiger partial charge on any atom is -0.495 e. The van der Waals surface area contributed by atoms with E-state index in [1.54, 1.807) is 49.4 Å². The summed E-state index contributed by atoms with van der Waals surface area (Å²) in [6.07, 6.45) is 1.49. The van der Waals surface area contributed by atoms with Crippen molar-refractivity contribution in [2.45, 2.75) is 12.8 Å². The summed E-state index contributed by atoms with van der Waals surface area (Å²) in [5, 5.41) is 19.8. The third-order valence-electron chi connectivity index (χ3n) is 5.53. The molecule has 1 aliphatic rings. The van der Waals surface area contributed by atoms with Crippen molar-refractivity contribution in [3.05, 3.63) is 99.6 Å². The second kappa shape index (κ2) is 11.7. The number of nitriles is 1. The van der Waals surface area contributed by atoms with Crippen molar-refractivity contribution in [2.75, 3.05) is 23.5 Å². The van der Waals surface area contributed by atoms with Gasteiger partial charge in [0.15, 0.2) is 0 Å². The largest absolute Gasteiger partial charge is 0.495 e. The van der Waals surface area contributed by atoms with Crippen LogP contribution in [-0.4, -0.2) is 24.7 Å². The third kappa shape index (κ3) is 6.00. The van der Waals surface area contributed by atoms with Crippen molar-refractivity contribution in [1.82, 2.24) is 5.32 Å². The fourth-order valence-electron chi connectivity index (χ4n) is 3.89. The number of hydrogen-bond acceptors (Lipinski definition) is 7. The number of allylic oxidation sites excluding steroid dienone is 2. The maximum absolute atomic E-state index is 13.3. The average molecular weight is 535 g/mol. The summed E-state index contributed by atoms with van der Waals surface area (Å²) in [7, 11) is 1.50. The molecule has 2 aromatic carbocycles. The van der Waals surface area contributed by atoms with E-state index in [9.17, 15) is 14.9 Å². The lowest BCUT2D eigenvalue weighted by Crippen LogP contribution is -2.31. The van der Waals surface area contributed by atoms with Gasteiger partial charge in [0, 0.05) is 16.4 Å². The standard InChI is InChI=1S/C27H23ClN4O4S/c1-16-24(26(34)31-18-7-4-3-5-8-18)25(22-9-6-12-36-22)19(14-29)27(30-16)37-15-23(33)32-20-13-17(28)10-11-21(20)35-2/h3-13,25,30H,15H2,1-2H3,(H,31,34)(H,32,33)/t25-/m1/s1. The number of thioether (sulfide) groups is 1. The molecule has 1 aliphatic heterocycles. The van der Waals surface area contributed by atoms with E-state index >= 15 is 0 Å². The molecule has 3 N–H and O–H groups in total. The first-order valence-corrected chi connectivity index (χ1v) is 12.6. The quantitative estimate of drug-likeness (QED) is 0.342. The van der Waals surface area contributed by atoms with Crippen LogP contribution in [0.1, 0.15) is 18.6 Å². The molecule has 0 aliphatic carbocycles. The smallest absolute Gasteiger partial charge is 0.254 e. The molecular formula is C27H23ClN4O4S. The number of nitrogens with one attached hydrogen (secondary N) is 3. The molecule has 1 aromatic heterocycles. The molecule has 0 saturated heterocycles. The van der Waals surface area contributed by atoms with Crippen LogP contribution in [0.25, 0.3) is 0 Å². The van der Waals surface area contributed by atoms with Crippen LogP contribution in [-0.2, 0) is 9.59 Å². The minimum atomic E-state index is -0.747. The van der Waals surface area contributed by atoms with Crippen molar-refractivity contribution in [3.8, 4) is 11.8 Å². The van der Waals surface area contributed by atoms with E-state index < -0.39 is 5.92 Å². The maximum Gasteiger partial charge on any atom is 0.254 e. The molecular weight excluding hydrogens is 512 g/mol. The van der Waals surface area contributed by atoms with E-state index in [1.807, 2.05) is 18.2 Å². The monoisotopic (exact) mass is 534 g/mol. The Morgan fingerprint density at radius 2 is 1.95 bits per heavy atom. The molecule has 0 fully saturated rings. The van der Waals surface area contributed by atoms with Crippen molar-refractivity contribution in [2.24, 2.45) is 0 Å². The Morgan fingerprint density at radius 3 is 2.62 bits per heavy atom. The van der Waals surface area contributed by atoms with Crippen molar-refractivity contribution in [3.63, 3.8) is 0 Å². The normalized spacial score (nSPS) is 15.0. The second-order valence-electron chi connectivity index (χ2n) is 7.97. The Labute approximate surface area is 223 Å². The van der Waals surface area contributed by atoms with Gasteiger partial charge < -0.3 is 25.1 Å². The van der Waals surface area contributed by atoms with Crippen LogP contribution < -0.4 is 20.7 Å². The van der Waals surface area contributed by atoms with E-state index in [-0.39, 0.29) is 23.1 Å². The van der Waals surface area contributed by atoms with Gasteiger partial charge >= 0.3 is 0 Å². The first-order chi connectivity index (χ1) is 17.9. The molecule has 37 heavy (non-hydrogen) atoms. The van der Waals surface area contributed by atoms with E-state index in [1.165, 1.54) is 13.4 Å². The van der Waals surface area contributed by atoms with Gasteiger partial charge in [0.25, 0.3) is 5.91 Å². The van der Waals surface area contributed by atoms with Crippen LogP contribution in [0.4, 0.5) is 11.4 Å². The van der Waals surface area contributed by atoms with Gasteiger partial charge in [-0.15, -0.1) is 0 Å². The highest BCUT2D eigenvalue weighted by Gasteiger charge is 2.36.